The van der Waals surface area contributed by atoms with Gasteiger partial charge in [0.1, 0.15) is 18.4 Å². The van der Waals surface area contributed by atoms with Crippen LogP contribution in [-0.4, -0.2) is 37.6 Å². The van der Waals surface area contributed by atoms with Crippen LogP contribution in [0.5, 0.6) is 5.75 Å². The summed E-state index contributed by atoms with van der Waals surface area (Å²) in [5.41, 5.74) is 7.39. The van der Waals surface area contributed by atoms with E-state index in [4.69, 9.17) is 4.74 Å². The first-order valence-corrected chi connectivity index (χ1v) is 12.6. The highest BCUT2D eigenvalue weighted by Gasteiger charge is 2.19. The van der Waals surface area contributed by atoms with E-state index in [9.17, 15) is 5.26 Å². The Hall–Kier alpha value is -3.00. The van der Waals surface area contributed by atoms with Gasteiger partial charge in [-0.1, -0.05) is 42.5 Å². The second-order valence-electron chi connectivity index (χ2n) is 9.45. The lowest BCUT2D eigenvalue weighted by Crippen LogP contribution is -2.47. The minimum Gasteiger partial charge on any atom is -0.489 e. The third kappa shape index (κ3) is 6.36. The molecule has 0 saturated carbocycles. The molecule has 0 N–H and O–H groups in total. The van der Waals surface area contributed by atoms with Gasteiger partial charge in [-0.25, -0.2) is 0 Å². The number of fused-ring (bicyclic) bond motifs is 1. The van der Waals surface area contributed by atoms with Crippen LogP contribution in [0.1, 0.15) is 40.7 Å². The van der Waals surface area contributed by atoms with E-state index in [-0.39, 0.29) is 12.4 Å². The molecule has 4 nitrogen and oxygen atoms in total. The lowest BCUT2D eigenvalue weighted by Gasteiger charge is -2.36. The lowest BCUT2D eigenvalue weighted by atomic mass is 9.92. The Morgan fingerprint density at radius 3 is 2.29 bits per heavy atom. The summed E-state index contributed by atoms with van der Waals surface area (Å²) < 4.78 is 6.08. The van der Waals surface area contributed by atoms with E-state index in [2.05, 4.69) is 64.4 Å². The fraction of sp³-hybridized carbons (Fsp3) is 0.367. The SMILES string of the molecule is Cl.N#Cc1ccccc1N1CCN(CCc2ccc(COc3ccc4c(c3)CCCC4)cc2)CC1. The van der Waals surface area contributed by atoms with E-state index in [1.54, 1.807) is 0 Å². The summed E-state index contributed by atoms with van der Waals surface area (Å²) in [6.07, 6.45) is 6.06. The highest BCUT2D eigenvalue weighted by atomic mass is 35.5. The molecule has 5 rings (SSSR count). The van der Waals surface area contributed by atoms with Gasteiger partial charge in [0.2, 0.25) is 0 Å². The molecule has 0 bridgehead atoms. The van der Waals surface area contributed by atoms with Gasteiger partial charge in [-0.3, -0.25) is 4.90 Å². The van der Waals surface area contributed by atoms with E-state index in [0.29, 0.717) is 6.61 Å². The number of aryl methyl sites for hydroxylation is 2. The smallest absolute Gasteiger partial charge is 0.120 e. The van der Waals surface area contributed by atoms with Crippen molar-refractivity contribution >= 4 is 18.1 Å². The maximum atomic E-state index is 9.37. The Morgan fingerprint density at radius 2 is 1.51 bits per heavy atom. The Kier molecular flexibility index (Phi) is 8.69. The lowest BCUT2D eigenvalue weighted by molar-refractivity contribution is 0.261. The second kappa shape index (κ2) is 12.1. The van der Waals surface area contributed by atoms with Gasteiger partial charge in [-0.15, -0.1) is 12.4 Å². The Morgan fingerprint density at radius 1 is 0.800 bits per heavy atom. The third-order valence-corrected chi connectivity index (χ3v) is 7.20. The van der Waals surface area contributed by atoms with Gasteiger partial charge in [-0.05, 0) is 78.6 Å². The van der Waals surface area contributed by atoms with Gasteiger partial charge in [0.15, 0.2) is 0 Å². The summed E-state index contributed by atoms with van der Waals surface area (Å²) in [4.78, 5) is 4.87. The molecule has 1 aliphatic carbocycles. The van der Waals surface area contributed by atoms with Crippen LogP contribution in [0, 0.1) is 11.3 Å². The molecule has 2 aliphatic rings. The monoisotopic (exact) mass is 487 g/mol. The van der Waals surface area contributed by atoms with Gasteiger partial charge in [-0.2, -0.15) is 5.26 Å². The van der Waals surface area contributed by atoms with E-state index in [0.717, 1.165) is 56.1 Å². The van der Waals surface area contributed by atoms with Crippen molar-refractivity contribution in [1.82, 2.24) is 4.90 Å². The number of rotatable bonds is 7. The first-order chi connectivity index (χ1) is 16.8. The van der Waals surface area contributed by atoms with Gasteiger partial charge in [0, 0.05) is 32.7 Å². The van der Waals surface area contributed by atoms with Crippen LogP contribution in [0.2, 0.25) is 0 Å². The molecule has 182 valence electrons. The molecule has 1 aliphatic heterocycles. The van der Waals surface area contributed by atoms with E-state index in [1.807, 2.05) is 18.2 Å². The number of halogens is 1. The summed E-state index contributed by atoms with van der Waals surface area (Å²) >= 11 is 0. The van der Waals surface area contributed by atoms with Crippen molar-refractivity contribution < 1.29 is 4.74 Å². The number of anilines is 1. The Labute approximate surface area is 215 Å². The fourth-order valence-electron chi connectivity index (χ4n) is 5.11. The predicted octanol–water partition coefficient (Wildman–Crippen LogP) is 5.80. The van der Waals surface area contributed by atoms with Crippen molar-refractivity contribution in [1.29, 1.82) is 5.26 Å². The zero-order valence-electron chi connectivity index (χ0n) is 20.3. The van der Waals surface area contributed by atoms with Crippen molar-refractivity contribution in [2.24, 2.45) is 0 Å². The summed E-state index contributed by atoms with van der Waals surface area (Å²) in [6, 6.07) is 25.7. The molecular weight excluding hydrogens is 454 g/mol. The van der Waals surface area contributed by atoms with Crippen LogP contribution >= 0.6 is 12.4 Å². The average molecular weight is 488 g/mol. The number of ether oxygens (including phenoxy) is 1. The topological polar surface area (TPSA) is 39.5 Å². The summed E-state index contributed by atoms with van der Waals surface area (Å²) in [5, 5.41) is 9.37. The highest BCUT2D eigenvalue weighted by molar-refractivity contribution is 5.85. The number of hydrogen-bond acceptors (Lipinski definition) is 4. The quantitative estimate of drug-likeness (QED) is 0.422. The van der Waals surface area contributed by atoms with Crippen molar-refractivity contribution in [2.75, 3.05) is 37.6 Å². The number of para-hydroxylation sites is 1. The molecule has 3 aromatic rings. The highest BCUT2D eigenvalue weighted by Crippen LogP contribution is 2.26. The Bertz CT molecular complexity index is 1150. The summed E-state index contributed by atoms with van der Waals surface area (Å²) in [6.45, 7) is 5.69. The molecule has 5 heteroatoms. The molecule has 0 aromatic heterocycles. The maximum absolute atomic E-state index is 9.37. The van der Waals surface area contributed by atoms with Crippen LogP contribution in [0.3, 0.4) is 0 Å². The van der Waals surface area contributed by atoms with Crippen LogP contribution < -0.4 is 9.64 Å². The molecule has 0 spiro atoms. The van der Waals surface area contributed by atoms with E-state index < -0.39 is 0 Å². The molecule has 1 heterocycles. The van der Waals surface area contributed by atoms with Gasteiger partial charge in [0.05, 0.1) is 11.3 Å². The Balaban J connectivity index is 0.00000289. The first-order valence-electron chi connectivity index (χ1n) is 12.6. The van der Waals surface area contributed by atoms with Crippen molar-refractivity contribution in [2.45, 2.75) is 38.7 Å². The van der Waals surface area contributed by atoms with Crippen molar-refractivity contribution in [3.63, 3.8) is 0 Å². The van der Waals surface area contributed by atoms with Crippen LogP contribution in [-0.2, 0) is 25.9 Å². The number of hydrogen-bond donors (Lipinski definition) is 0. The molecule has 1 saturated heterocycles. The normalized spacial score (nSPS) is 15.6. The molecule has 0 unspecified atom stereocenters. The van der Waals surface area contributed by atoms with Crippen molar-refractivity contribution in [3.05, 3.63) is 94.5 Å². The first kappa shape index (κ1) is 25.1. The number of nitrogens with zero attached hydrogens (tertiary/aromatic N) is 3. The number of piperazine rings is 1. The fourth-order valence-corrected chi connectivity index (χ4v) is 5.11. The molecule has 0 atom stereocenters. The maximum Gasteiger partial charge on any atom is 0.120 e. The van der Waals surface area contributed by atoms with Crippen molar-refractivity contribution in [3.8, 4) is 11.8 Å². The molecule has 1 fully saturated rings. The number of benzene rings is 3. The average Bonchev–Trinajstić information content (AvgIpc) is 2.91. The molecule has 3 aromatic carbocycles. The van der Waals surface area contributed by atoms with Crippen LogP contribution in [0.25, 0.3) is 0 Å². The predicted molar refractivity (Wildman–Crippen MR) is 145 cm³/mol. The molecule has 0 radical (unpaired) electrons. The third-order valence-electron chi connectivity index (χ3n) is 7.20. The number of nitriles is 1. The van der Waals surface area contributed by atoms with Crippen LogP contribution in [0.4, 0.5) is 5.69 Å². The largest absolute Gasteiger partial charge is 0.489 e. The van der Waals surface area contributed by atoms with Crippen LogP contribution in [0.15, 0.2) is 66.7 Å². The molecule has 35 heavy (non-hydrogen) atoms. The second-order valence-corrected chi connectivity index (χ2v) is 9.45. The molecular formula is C30H34ClN3O. The van der Waals surface area contributed by atoms with Gasteiger partial charge in [0.25, 0.3) is 0 Å². The standard InChI is InChI=1S/C30H33N3O.ClH/c31-22-28-7-3-4-8-30(28)33-19-17-32(18-20-33)16-15-24-9-11-25(12-10-24)23-34-29-14-13-26-5-1-2-6-27(26)21-29;/h3-4,7-14,21H,1-2,5-6,15-20,23H2;1H. The summed E-state index contributed by atoms with van der Waals surface area (Å²) in [7, 11) is 0. The minimum absolute atomic E-state index is 0. The summed E-state index contributed by atoms with van der Waals surface area (Å²) in [5.74, 6) is 0.987. The molecule has 0 amide bonds. The van der Waals surface area contributed by atoms with E-state index in [1.165, 1.54) is 47.9 Å². The minimum atomic E-state index is 0. The van der Waals surface area contributed by atoms with E-state index >= 15 is 0 Å². The zero-order chi connectivity index (χ0) is 23.2. The van der Waals surface area contributed by atoms with Gasteiger partial charge < -0.3 is 9.64 Å². The van der Waals surface area contributed by atoms with Gasteiger partial charge >= 0.3 is 0 Å². The zero-order valence-corrected chi connectivity index (χ0v) is 21.1.